The highest BCUT2D eigenvalue weighted by atomic mass is 19.1. The molecule has 1 aliphatic rings. The first-order valence-corrected chi connectivity index (χ1v) is 5.04. The number of halogens is 2. The van der Waals surface area contributed by atoms with Gasteiger partial charge in [-0.2, -0.15) is 0 Å². The fraction of sp³-hybridized carbons (Fsp3) is 0.455. The van der Waals surface area contributed by atoms with Gasteiger partial charge in [-0.1, -0.05) is 6.07 Å². The van der Waals surface area contributed by atoms with E-state index in [1.54, 1.807) is 0 Å². The van der Waals surface area contributed by atoms with E-state index in [9.17, 15) is 8.78 Å². The first-order chi connectivity index (χ1) is 6.77. The van der Waals surface area contributed by atoms with Crippen molar-refractivity contribution in [2.45, 2.75) is 19.4 Å². The van der Waals surface area contributed by atoms with Gasteiger partial charge in [0.25, 0.3) is 0 Å². The lowest BCUT2D eigenvalue weighted by Crippen LogP contribution is -3.08. The fourth-order valence-corrected chi connectivity index (χ4v) is 2.00. The Morgan fingerprint density at radius 1 is 1.07 bits per heavy atom. The molecule has 14 heavy (non-hydrogen) atoms. The standard InChI is InChI=1S/C11H13F2N/c12-10-4-3-5-11(13)9(10)8-14-6-1-2-7-14/h3-5H,1-2,6-8H2/p+1. The molecule has 1 heterocycles. The highest BCUT2D eigenvalue weighted by Crippen LogP contribution is 2.10. The van der Waals surface area contributed by atoms with Gasteiger partial charge in [-0.3, -0.25) is 0 Å². The number of likely N-dealkylation sites (tertiary alicyclic amines) is 1. The maximum atomic E-state index is 13.3. The predicted molar refractivity (Wildman–Crippen MR) is 50.0 cm³/mol. The Morgan fingerprint density at radius 3 is 2.21 bits per heavy atom. The van der Waals surface area contributed by atoms with Crippen molar-refractivity contribution in [2.75, 3.05) is 13.1 Å². The van der Waals surface area contributed by atoms with Crippen molar-refractivity contribution in [2.24, 2.45) is 0 Å². The van der Waals surface area contributed by atoms with E-state index < -0.39 is 11.6 Å². The Kier molecular flexibility index (Phi) is 2.77. The van der Waals surface area contributed by atoms with E-state index in [0.29, 0.717) is 6.54 Å². The lowest BCUT2D eigenvalue weighted by Gasteiger charge is -2.12. The van der Waals surface area contributed by atoms with E-state index in [0.717, 1.165) is 13.1 Å². The molecule has 0 radical (unpaired) electrons. The Morgan fingerprint density at radius 2 is 1.64 bits per heavy atom. The minimum atomic E-state index is -0.413. The van der Waals surface area contributed by atoms with E-state index in [-0.39, 0.29) is 5.56 Å². The van der Waals surface area contributed by atoms with Crippen LogP contribution >= 0.6 is 0 Å². The molecular formula is C11H14F2N+. The zero-order chi connectivity index (χ0) is 9.97. The Balaban J connectivity index is 2.14. The highest BCUT2D eigenvalue weighted by Gasteiger charge is 2.19. The van der Waals surface area contributed by atoms with Crippen LogP contribution in [-0.4, -0.2) is 13.1 Å². The third-order valence-electron chi connectivity index (χ3n) is 2.80. The third-order valence-corrected chi connectivity index (χ3v) is 2.80. The van der Waals surface area contributed by atoms with Crippen molar-refractivity contribution >= 4 is 0 Å². The summed E-state index contributed by atoms with van der Waals surface area (Å²) in [6, 6.07) is 4.06. The van der Waals surface area contributed by atoms with Gasteiger partial charge in [0.05, 0.1) is 18.7 Å². The van der Waals surface area contributed by atoms with Crippen LogP contribution in [0, 0.1) is 11.6 Å². The maximum Gasteiger partial charge on any atom is 0.135 e. The molecule has 1 aromatic rings. The number of hydrogen-bond acceptors (Lipinski definition) is 0. The lowest BCUT2D eigenvalue weighted by atomic mass is 10.2. The monoisotopic (exact) mass is 198 g/mol. The van der Waals surface area contributed by atoms with Crippen LogP contribution < -0.4 is 4.90 Å². The van der Waals surface area contributed by atoms with Gasteiger partial charge in [0.2, 0.25) is 0 Å². The van der Waals surface area contributed by atoms with E-state index >= 15 is 0 Å². The summed E-state index contributed by atoms with van der Waals surface area (Å²) in [5, 5.41) is 0. The highest BCUT2D eigenvalue weighted by molar-refractivity contribution is 5.18. The lowest BCUT2D eigenvalue weighted by molar-refractivity contribution is -0.901. The molecule has 0 aliphatic carbocycles. The summed E-state index contributed by atoms with van der Waals surface area (Å²) in [7, 11) is 0. The molecule has 0 atom stereocenters. The summed E-state index contributed by atoms with van der Waals surface area (Å²) >= 11 is 0. The molecule has 3 heteroatoms. The van der Waals surface area contributed by atoms with Crippen molar-refractivity contribution in [1.82, 2.24) is 0 Å². The SMILES string of the molecule is Fc1cccc(F)c1C[NH+]1CCCC1. The summed E-state index contributed by atoms with van der Waals surface area (Å²) in [5.74, 6) is -0.825. The van der Waals surface area contributed by atoms with Crippen molar-refractivity contribution in [1.29, 1.82) is 0 Å². The first kappa shape index (κ1) is 9.59. The minimum absolute atomic E-state index is 0.240. The summed E-state index contributed by atoms with van der Waals surface area (Å²) in [5.41, 5.74) is 0.240. The molecule has 76 valence electrons. The molecule has 0 bridgehead atoms. The van der Waals surface area contributed by atoms with Crippen molar-refractivity contribution in [3.63, 3.8) is 0 Å². The summed E-state index contributed by atoms with van der Waals surface area (Å²) < 4.78 is 26.5. The third kappa shape index (κ3) is 1.93. The average Bonchev–Trinajstić information content (AvgIpc) is 2.64. The van der Waals surface area contributed by atoms with Gasteiger partial charge in [0, 0.05) is 12.8 Å². The second-order valence-electron chi connectivity index (χ2n) is 3.83. The van der Waals surface area contributed by atoms with Gasteiger partial charge >= 0.3 is 0 Å². The number of benzene rings is 1. The zero-order valence-corrected chi connectivity index (χ0v) is 8.02. The molecule has 1 nitrogen and oxygen atoms in total. The van der Waals surface area contributed by atoms with E-state index in [2.05, 4.69) is 0 Å². The van der Waals surface area contributed by atoms with Gasteiger partial charge < -0.3 is 4.90 Å². The van der Waals surface area contributed by atoms with E-state index in [4.69, 9.17) is 0 Å². The second kappa shape index (κ2) is 4.05. The van der Waals surface area contributed by atoms with Crippen LogP contribution in [0.3, 0.4) is 0 Å². The molecule has 0 aromatic heterocycles. The molecule has 1 fully saturated rings. The van der Waals surface area contributed by atoms with Crippen LogP contribution in [0.4, 0.5) is 8.78 Å². The molecule has 0 saturated carbocycles. The Labute approximate surface area is 82.3 Å². The van der Waals surface area contributed by atoms with Crippen LogP contribution in [-0.2, 0) is 6.54 Å². The van der Waals surface area contributed by atoms with E-state index in [1.807, 2.05) is 0 Å². The van der Waals surface area contributed by atoms with E-state index in [1.165, 1.54) is 35.9 Å². The minimum Gasteiger partial charge on any atom is -0.331 e. The van der Waals surface area contributed by atoms with Crippen molar-refractivity contribution in [3.05, 3.63) is 35.4 Å². The molecule has 1 aliphatic heterocycles. The number of hydrogen-bond donors (Lipinski definition) is 1. The maximum absolute atomic E-state index is 13.3. The molecule has 1 saturated heterocycles. The first-order valence-electron chi connectivity index (χ1n) is 5.04. The largest absolute Gasteiger partial charge is 0.331 e. The van der Waals surface area contributed by atoms with Crippen LogP contribution in [0.5, 0.6) is 0 Å². The Bertz CT molecular complexity index is 299. The average molecular weight is 198 g/mol. The van der Waals surface area contributed by atoms with Crippen molar-refractivity contribution < 1.29 is 13.7 Å². The van der Waals surface area contributed by atoms with Gasteiger partial charge in [-0.25, -0.2) is 8.78 Å². The number of rotatable bonds is 2. The van der Waals surface area contributed by atoms with Gasteiger partial charge in [-0.05, 0) is 12.1 Å². The summed E-state index contributed by atoms with van der Waals surface area (Å²) in [4.78, 5) is 1.29. The van der Waals surface area contributed by atoms with Crippen molar-refractivity contribution in [3.8, 4) is 0 Å². The second-order valence-corrected chi connectivity index (χ2v) is 3.83. The zero-order valence-electron chi connectivity index (χ0n) is 8.02. The summed E-state index contributed by atoms with van der Waals surface area (Å²) in [6.07, 6.45) is 2.34. The normalized spacial score (nSPS) is 17.6. The summed E-state index contributed by atoms with van der Waals surface area (Å²) in [6.45, 7) is 2.56. The van der Waals surface area contributed by atoms with Crippen LogP contribution in [0.25, 0.3) is 0 Å². The van der Waals surface area contributed by atoms with Crippen LogP contribution in [0.2, 0.25) is 0 Å². The molecule has 0 amide bonds. The quantitative estimate of drug-likeness (QED) is 0.727. The topological polar surface area (TPSA) is 4.44 Å². The predicted octanol–water partition coefficient (Wildman–Crippen LogP) is 1.14. The number of quaternary nitrogens is 1. The molecular weight excluding hydrogens is 184 g/mol. The molecule has 0 spiro atoms. The Hall–Kier alpha value is -0.960. The fourth-order valence-electron chi connectivity index (χ4n) is 2.00. The van der Waals surface area contributed by atoms with Gasteiger partial charge in [0.15, 0.2) is 0 Å². The smallest absolute Gasteiger partial charge is 0.135 e. The van der Waals surface area contributed by atoms with Gasteiger partial charge in [-0.15, -0.1) is 0 Å². The molecule has 1 aromatic carbocycles. The van der Waals surface area contributed by atoms with Crippen LogP contribution in [0.15, 0.2) is 18.2 Å². The van der Waals surface area contributed by atoms with Gasteiger partial charge in [0.1, 0.15) is 18.2 Å². The molecule has 0 unspecified atom stereocenters. The molecule has 1 N–H and O–H groups in total. The van der Waals surface area contributed by atoms with Crippen LogP contribution in [0.1, 0.15) is 18.4 Å². The number of nitrogens with one attached hydrogen (secondary N) is 1. The molecule has 2 rings (SSSR count).